The predicted octanol–water partition coefficient (Wildman–Crippen LogP) is 4.91. The zero-order valence-corrected chi connectivity index (χ0v) is 9.83. The normalized spacial score (nSPS) is 11.1. The molecular weight excluding hydrogens is 192 g/mol. The number of fused-ring (bicyclic) bond motifs is 1. The average molecular weight is 208 g/mol. The summed E-state index contributed by atoms with van der Waals surface area (Å²) in [4.78, 5) is 0. The van der Waals surface area contributed by atoms with Crippen LogP contribution >= 0.6 is 0 Å². The highest BCUT2D eigenvalue weighted by molar-refractivity contribution is 5.87. The SMILES string of the molecule is C=C(C)c1ccc2cc(C=CC)ccc2c1. The Morgan fingerprint density at radius 3 is 2.44 bits per heavy atom. The second kappa shape index (κ2) is 4.36. The Morgan fingerprint density at radius 2 is 1.75 bits per heavy atom. The van der Waals surface area contributed by atoms with Crippen molar-refractivity contribution >= 4 is 22.4 Å². The van der Waals surface area contributed by atoms with Crippen LogP contribution in [-0.2, 0) is 0 Å². The van der Waals surface area contributed by atoms with Gasteiger partial charge in [-0.1, -0.05) is 48.6 Å². The fourth-order valence-corrected chi connectivity index (χ4v) is 1.83. The zero-order chi connectivity index (χ0) is 11.5. The fraction of sp³-hybridized carbons (Fsp3) is 0.125. The number of hydrogen-bond donors (Lipinski definition) is 0. The van der Waals surface area contributed by atoms with Crippen LogP contribution in [-0.4, -0.2) is 0 Å². The highest BCUT2D eigenvalue weighted by atomic mass is 14.0. The smallest absolute Gasteiger partial charge is 0.0178 e. The van der Waals surface area contributed by atoms with E-state index in [9.17, 15) is 0 Å². The summed E-state index contributed by atoms with van der Waals surface area (Å²) in [6, 6.07) is 13.0. The first-order valence-corrected chi connectivity index (χ1v) is 5.53. The molecule has 2 aromatic carbocycles. The molecule has 0 aromatic heterocycles. The second-order valence-electron chi connectivity index (χ2n) is 4.10. The van der Waals surface area contributed by atoms with Gasteiger partial charge in [0, 0.05) is 0 Å². The molecule has 0 unspecified atom stereocenters. The van der Waals surface area contributed by atoms with Crippen LogP contribution in [0.4, 0.5) is 0 Å². The Hall–Kier alpha value is -1.82. The third kappa shape index (κ3) is 2.06. The van der Waals surface area contributed by atoms with Crippen molar-refractivity contribution in [1.29, 1.82) is 0 Å². The molecule has 0 aliphatic rings. The summed E-state index contributed by atoms with van der Waals surface area (Å²) in [7, 11) is 0. The van der Waals surface area contributed by atoms with Crippen molar-refractivity contribution < 1.29 is 0 Å². The van der Waals surface area contributed by atoms with Crippen LogP contribution in [0.1, 0.15) is 25.0 Å². The van der Waals surface area contributed by atoms with E-state index in [1.165, 1.54) is 21.9 Å². The zero-order valence-electron chi connectivity index (χ0n) is 9.83. The van der Waals surface area contributed by atoms with Crippen molar-refractivity contribution in [3.63, 3.8) is 0 Å². The molecule has 0 atom stereocenters. The molecule has 0 N–H and O–H groups in total. The molecule has 0 saturated heterocycles. The van der Waals surface area contributed by atoms with Gasteiger partial charge in [0.2, 0.25) is 0 Å². The lowest BCUT2D eigenvalue weighted by molar-refractivity contribution is 1.61. The van der Waals surface area contributed by atoms with Gasteiger partial charge in [-0.3, -0.25) is 0 Å². The van der Waals surface area contributed by atoms with E-state index in [0.29, 0.717) is 0 Å². The van der Waals surface area contributed by atoms with Crippen molar-refractivity contribution in [1.82, 2.24) is 0 Å². The number of allylic oxidation sites excluding steroid dienone is 2. The van der Waals surface area contributed by atoms with Gasteiger partial charge in [0.25, 0.3) is 0 Å². The van der Waals surface area contributed by atoms with Crippen LogP contribution in [0.25, 0.3) is 22.4 Å². The van der Waals surface area contributed by atoms with Gasteiger partial charge in [-0.25, -0.2) is 0 Å². The molecule has 80 valence electrons. The van der Waals surface area contributed by atoms with Crippen molar-refractivity contribution in [3.8, 4) is 0 Å². The van der Waals surface area contributed by atoms with E-state index in [0.717, 1.165) is 5.57 Å². The molecule has 0 aliphatic carbocycles. The summed E-state index contributed by atoms with van der Waals surface area (Å²) >= 11 is 0. The highest BCUT2D eigenvalue weighted by Gasteiger charge is 1.97. The molecule has 16 heavy (non-hydrogen) atoms. The third-order valence-electron chi connectivity index (χ3n) is 2.72. The van der Waals surface area contributed by atoms with Crippen molar-refractivity contribution in [2.24, 2.45) is 0 Å². The van der Waals surface area contributed by atoms with Crippen LogP contribution < -0.4 is 0 Å². The first kappa shape index (κ1) is 10.7. The van der Waals surface area contributed by atoms with Crippen molar-refractivity contribution in [3.05, 3.63) is 60.2 Å². The Bertz CT molecular complexity index is 559. The Labute approximate surface area is 96.9 Å². The van der Waals surface area contributed by atoms with E-state index in [-0.39, 0.29) is 0 Å². The molecule has 0 spiro atoms. The van der Waals surface area contributed by atoms with E-state index in [1.54, 1.807) is 0 Å². The predicted molar refractivity (Wildman–Crippen MR) is 73.4 cm³/mol. The first-order chi connectivity index (χ1) is 7.70. The van der Waals surface area contributed by atoms with Gasteiger partial charge >= 0.3 is 0 Å². The molecule has 0 heterocycles. The summed E-state index contributed by atoms with van der Waals surface area (Å²) in [6.45, 7) is 8.04. The van der Waals surface area contributed by atoms with Gasteiger partial charge in [0.15, 0.2) is 0 Å². The monoisotopic (exact) mass is 208 g/mol. The van der Waals surface area contributed by atoms with Crippen molar-refractivity contribution in [2.45, 2.75) is 13.8 Å². The molecule has 2 rings (SSSR count). The number of rotatable bonds is 2. The minimum absolute atomic E-state index is 1.11. The summed E-state index contributed by atoms with van der Waals surface area (Å²) in [5.74, 6) is 0. The number of benzene rings is 2. The summed E-state index contributed by atoms with van der Waals surface area (Å²) in [5.41, 5.74) is 3.57. The average Bonchev–Trinajstić information content (AvgIpc) is 2.28. The number of hydrogen-bond acceptors (Lipinski definition) is 0. The molecule has 0 saturated carbocycles. The molecule has 0 radical (unpaired) electrons. The lowest BCUT2D eigenvalue weighted by Crippen LogP contribution is -1.80. The van der Waals surface area contributed by atoms with Gasteiger partial charge in [0.1, 0.15) is 0 Å². The van der Waals surface area contributed by atoms with E-state index in [2.05, 4.69) is 55.1 Å². The highest BCUT2D eigenvalue weighted by Crippen LogP contribution is 2.21. The van der Waals surface area contributed by atoms with Gasteiger partial charge in [0.05, 0.1) is 0 Å². The maximum absolute atomic E-state index is 3.97. The van der Waals surface area contributed by atoms with Crippen molar-refractivity contribution in [2.75, 3.05) is 0 Å². The molecule has 0 heteroatoms. The molecule has 0 fully saturated rings. The minimum Gasteiger partial charge on any atom is -0.0955 e. The van der Waals surface area contributed by atoms with Crippen LogP contribution in [0.5, 0.6) is 0 Å². The Kier molecular flexibility index (Phi) is 2.91. The molecule has 0 aliphatic heterocycles. The standard InChI is InChI=1S/C16H16/c1-4-5-13-6-7-16-11-14(12(2)3)8-9-15(16)10-13/h4-11H,2H2,1,3H3. The van der Waals surface area contributed by atoms with Gasteiger partial charge in [-0.2, -0.15) is 0 Å². The van der Waals surface area contributed by atoms with E-state index in [4.69, 9.17) is 0 Å². The first-order valence-electron chi connectivity index (χ1n) is 5.53. The quantitative estimate of drug-likeness (QED) is 0.658. The summed E-state index contributed by atoms with van der Waals surface area (Å²) in [5, 5.41) is 2.55. The lowest BCUT2D eigenvalue weighted by Gasteiger charge is -2.04. The van der Waals surface area contributed by atoms with Crippen LogP contribution in [0.3, 0.4) is 0 Å². The Balaban J connectivity index is 2.56. The van der Waals surface area contributed by atoms with Gasteiger partial charge in [-0.05, 0) is 47.9 Å². The van der Waals surface area contributed by atoms with Gasteiger partial charge in [-0.15, -0.1) is 0 Å². The van der Waals surface area contributed by atoms with Crippen LogP contribution in [0.15, 0.2) is 49.1 Å². The molecular formula is C16H16. The molecule has 0 amide bonds. The lowest BCUT2D eigenvalue weighted by atomic mass is 10.0. The minimum atomic E-state index is 1.11. The summed E-state index contributed by atoms with van der Waals surface area (Å²) in [6.07, 6.45) is 4.18. The van der Waals surface area contributed by atoms with Crippen LogP contribution in [0.2, 0.25) is 0 Å². The topological polar surface area (TPSA) is 0 Å². The molecule has 0 nitrogen and oxygen atoms in total. The molecule has 2 aromatic rings. The largest absolute Gasteiger partial charge is 0.0955 e. The maximum atomic E-state index is 3.97. The molecule has 0 bridgehead atoms. The summed E-state index contributed by atoms with van der Waals surface area (Å²) < 4.78 is 0. The van der Waals surface area contributed by atoms with E-state index in [1.807, 2.05) is 13.8 Å². The van der Waals surface area contributed by atoms with E-state index < -0.39 is 0 Å². The van der Waals surface area contributed by atoms with Gasteiger partial charge < -0.3 is 0 Å². The fourth-order valence-electron chi connectivity index (χ4n) is 1.83. The third-order valence-corrected chi connectivity index (χ3v) is 2.72. The van der Waals surface area contributed by atoms with E-state index >= 15 is 0 Å². The van der Waals surface area contributed by atoms with Crippen LogP contribution in [0, 0.1) is 0 Å². The second-order valence-corrected chi connectivity index (χ2v) is 4.10. The Morgan fingerprint density at radius 1 is 1.06 bits per heavy atom. The maximum Gasteiger partial charge on any atom is -0.0178 e.